The lowest BCUT2D eigenvalue weighted by atomic mass is 10.2. The summed E-state index contributed by atoms with van der Waals surface area (Å²) in [6.07, 6.45) is 0. The topological polar surface area (TPSA) is 84.0 Å². The number of halogens is 1. The van der Waals surface area contributed by atoms with E-state index in [4.69, 9.17) is 11.6 Å². The Hall–Kier alpha value is -1.44. The smallest absolute Gasteiger partial charge is 0.213 e. The number of hydrogen-bond acceptors (Lipinski definition) is 5. The highest BCUT2D eigenvalue weighted by Crippen LogP contribution is 2.25. The molecule has 19 heavy (non-hydrogen) atoms. The second-order valence-electron chi connectivity index (χ2n) is 3.83. The number of aromatic nitrogens is 2. The molecule has 1 aromatic carbocycles. The van der Waals surface area contributed by atoms with Crippen LogP contribution in [-0.4, -0.2) is 38.0 Å². The molecule has 0 bridgehead atoms. The Bertz CT molecular complexity index is 690. The highest BCUT2D eigenvalue weighted by molar-refractivity contribution is 7.89. The zero-order valence-corrected chi connectivity index (χ0v) is 11.8. The van der Waals surface area contributed by atoms with Crippen molar-refractivity contribution in [3.63, 3.8) is 0 Å². The summed E-state index contributed by atoms with van der Waals surface area (Å²) in [5.74, 6) is 0.480. The van der Waals surface area contributed by atoms with E-state index in [9.17, 15) is 8.42 Å². The van der Waals surface area contributed by atoms with Crippen LogP contribution in [0.25, 0.3) is 10.8 Å². The number of sulfonamides is 1. The van der Waals surface area contributed by atoms with Gasteiger partial charge in [0.2, 0.25) is 10.0 Å². The second kappa shape index (κ2) is 5.68. The number of fused-ring (bicyclic) bond motifs is 1. The van der Waals surface area contributed by atoms with Gasteiger partial charge in [-0.15, -0.1) is 10.2 Å². The summed E-state index contributed by atoms with van der Waals surface area (Å²) in [4.78, 5) is 0. The molecule has 2 N–H and O–H groups in total. The molecule has 1 aromatic heterocycles. The lowest BCUT2D eigenvalue weighted by Gasteiger charge is -2.08. The molecule has 0 saturated carbocycles. The Labute approximate surface area is 116 Å². The lowest BCUT2D eigenvalue weighted by molar-refractivity contribution is 0.588. The van der Waals surface area contributed by atoms with Crippen LogP contribution in [0.2, 0.25) is 5.15 Å². The van der Waals surface area contributed by atoms with Gasteiger partial charge in [-0.05, 0) is 7.05 Å². The minimum Gasteiger partial charge on any atom is -0.367 e. The van der Waals surface area contributed by atoms with E-state index in [0.29, 0.717) is 11.0 Å². The second-order valence-corrected chi connectivity index (χ2v) is 6.24. The molecular formula is C11H13ClN4O2S. The zero-order chi connectivity index (χ0) is 13.9. The highest BCUT2D eigenvalue weighted by atomic mass is 35.5. The first-order chi connectivity index (χ1) is 9.03. The standard InChI is InChI=1S/C11H13ClN4O2S/c1-13-19(17,18)7-6-14-11-9-5-3-2-4-8(9)10(12)15-16-11/h2-5,13H,6-7H2,1H3,(H,14,16). The minimum atomic E-state index is -3.24. The van der Waals surface area contributed by atoms with Gasteiger partial charge in [-0.1, -0.05) is 35.9 Å². The van der Waals surface area contributed by atoms with Crippen molar-refractivity contribution in [2.75, 3.05) is 24.7 Å². The first kappa shape index (κ1) is 14.0. The molecule has 0 saturated heterocycles. The maximum absolute atomic E-state index is 11.3. The maximum Gasteiger partial charge on any atom is 0.213 e. The van der Waals surface area contributed by atoms with E-state index in [-0.39, 0.29) is 12.3 Å². The molecule has 2 aromatic rings. The molecule has 8 heteroatoms. The summed E-state index contributed by atoms with van der Waals surface area (Å²) < 4.78 is 24.8. The van der Waals surface area contributed by atoms with Crippen molar-refractivity contribution in [3.05, 3.63) is 29.4 Å². The third-order valence-electron chi connectivity index (χ3n) is 2.62. The molecule has 0 unspecified atom stereocenters. The molecule has 0 radical (unpaired) electrons. The number of nitrogens with one attached hydrogen (secondary N) is 2. The van der Waals surface area contributed by atoms with Crippen molar-refractivity contribution < 1.29 is 8.42 Å². The highest BCUT2D eigenvalue weighted by Gasteiger charge is 2.09. The normalized spacial score (nSPS) is 11.7. The maximum atomic E-state index is 11.3. The monoisotopic (exact) mass is 300 g/mol. The Balaban J connectivity index is 2.20. The van der Waals surface area contributed by atoms with Crippen LogP contribution in [0.5, 0.6) is 0 Å². The van der Waals surface area contributed by atoms with Gasteiger partial charge in [0, 0.05) is 17.3 Å². The summed E-state index contributed by atoms with van der Waals surface area (Å²) in [7, 11) is -1.86. The van der Waals surface area contributed by atoms with Gasteiger partial charge >= 0.3 is 0 Å². The number of anilines is 1. The summed E-state index contributed by atoms with van der Waals surface area (Å²) in [6.45, 7) is 0.240. The van der Waals surface area contributed by atoms with E-state index in [0.717, 1.165) is 10.8 Å². The molecule has 0 atom stereocenters. The fourth-order valence-corrected chi connectivity index (χ4v) is 2.39. The Kier molecular flexibility index (Phi) is 4.18. The van der Waals surface area contributed by atoms with E-state index >= 15 is 0 Å². The number of benzene rings is 1. The molecule has 0 fully saturated rings. The van der Waals surface area contributed by atoms with Crippen LogP contribution in [0.1, 0.15) is 0 Å². The van der Waals surface area contributed by atoms with Gasteiger partial charge in [-0.2, -0.15) is 0 Å². The van der Waals surface area contributed by atoms with Crippen molar-refractivity contribution in [1.29, 1.82) is 0 Å². The summed E-state index contributed by atoms with van der Waals surface area (Å²) in [5.41, 5.74) is 0. The SMILES string of the molecule is CNS(=O)(=O)CCNc1nnc(Cl)c2ccccc12. The fraction of sp³-hybridized carbons (Fsp3) is 0.273. The van der Waals surface area contributed by atoms with E-state index in [1.807, 2.05) is 24.3 Å². The van der Waals surface area contributed by atoms with Crippen molar-refractivity contribution in [2.45, 2.75) is 0 Å². The molecule has 0 aliphatic carbocycles. The molecule has 0 spiro atoms. The van der Waals surface area contributed by atoms with Gasteiger partial charge in [0.1, 0.15) is 0 Å². The van der Waals surface area contributed by atoms with Crippen LogP contribution in [0.15, 0.2) is 24.3 Å². The average molecular weight is 301 g/mol. The Morgan fingerprint density at radius 3 is 2.58 bits per heavy atom. The number of rotatable bonds is 5. The Morgan fingerprint density at radius 1 is 1.21 bits per heavy atom. The van der Waals surface area contributed by atoms with Gasteiger partial charge in [0.25, 0.3) is 0 Å². The van der Waals surface area contributed by atoms with E-state index < -0.39 is 10.0 Å². The Morgan fingerprint density at radius 2 is 1.89 bits per heavy atom. The van der Waals surface area contributed by atoms with E-state index in [1.54, 1.807) is 0 Å². The first-order valence-electron chi connectivity index (χ1n) is 5.59. The largest absolute Gasteiger partial charge is 0.367 e. The zero-order valence-electron chi connectivity index (χ0n) is 10.2. The van der Waals surface area contributed by atoms with Crippen LogP contribution >= 0.6 is 11.6 Å². The van der Waals surface area contributed by atoms with E-state index in [2.05, 4.69) is 20.2 Å². The first-order valence-corrected chi connectivity index (χ1v) is 7.62. The molecular weight excluding hydrogens is 288 g/mol. The summed E-state index contributed by atoms with van der Waals surface area (Å²) in [6, 6.07) is 7.40. The van der Waals surface area contributed by atoms with Crippen molar-refractivity contribution in [3.8, 4) is 0 Å². The van der Waals surface area contributed by atoms with Crippen molar-refractivity contribution >= 4 is 38.2 Å². The summed E-state index contributed by atoms with van der Waals surface area (Å²) >= 11 is 5.95. The third kappa shape index (κ3) is 3.31. The molecule has 102 valence electrons. The van der Waals surface area contributed by atoms with Gasteiger partial charge in [-0.25, -0.2) is 13.1 Å². The number of nitrogens with zero attached hydrogens (tertiary/aromatic N) is 2. The van der Waals surface area contributed by atoms with Crippen LogP contribution in [-0.2, 0) is 10.0 Å². The van der Waals surface area contributed by atoms with E-state index in [1.165, 1.54) is 7.05 Å². The van der Waals surface area contributed by atoms with Crippen LogP contribution in [0.4, 0.5) is 5.82 Å². The average Bonchev–Trinajstić information content (AvgIpc) is 2.42. The van der Waals surface area contributed by atoms with Crippen molar-refractivity contribution in [1.82, 2.24) is 14.9 Å². The molecule has 2 rings (SSSR count). The predicted octanol–water partition coefficient (Wildman–Crippen LogP) is 1.24. The molecule has 0 aliphatic rings. The fourth-order valence-electron chi connectivity index (χ4n) is 1.61. The minimum absolute atomic E-state index is 0.0396. The van der Waals surface area contributed by atoms with Gasteiger partial charge in [0.15, 0.2) is 11.0 Å². The van der Waals surface area contributed by atoms with Crippen LogP contribution in [0.3, 0.4) is 0 Å². The van der Waals surface area contributed by atoms with Crippen LogP contribution < -0.4 is 10.0 Å². The molecule has 0 aliphatic heterocycles. The molecule has 0 amide bonds. The summed E-state index contributed by atoms with van der Waals surface area (Å²) in [5, 5.41) is 12.6. The molecule has 6 nitrogen and oxygen atoms in total. The van der Waals surface area contributed by atoms with Crippen LogP contribution in [0, 0.1) is 0 Å². The lowest BCUT2D eigenvalue weighted by Crippen LogP contribution is -2.26. The third-order valence-corrected chi connectivity index (χ3v) is 4.26. The van der Waals surface area contributed by atoms with Crippen molar-refractivity contribution in [2.24, 2.45) is 0 Å². The van der Waals surface area contributed by atoms with Gasteiger partial charge in [0.05, 0.1) is 5.75 Å². The molecule has 1 heterocycles. The number of hydrogen-bond donors (Lipinski definition) is 2. The van der Waals surface area contributed by atoms with Gasteiger partial charge < -0.3 is 5.32 Å². The predicted molar refractivity (Wildman–Crippen MR) is 75.9 cm³/mol. The van der Waals surface area contributed by atoms with Gasteiger partial charge in [-0.3, -0.25) is 0 Å². The quantitative estimate of drug-likeness (QED) is 0.868.